The number of thiocarbonyl (C=S) groups is 1. The molecule has 0 radical (unpaired) electrons. The third kappa shape index (κ3) is 4.96. The second kappa shape index (κ2) is 8.14. The number of rotatable bonds is 4. The van der Waals surface area contributed by atoms with Gasteiger partial charge < -0.3 is 10.1 Å². The lowest BCUT2D eigenvalue weighted by Gasteiger charge is -2.12. The lowest BCUT2D eigenvalue weighted by Crippen LogP contribution is -2.43. The molecule has 120 valence electrons. The van der Waals surface area contributed by atoms with Crippen molar-refractivity contribution in [2.24, 2.45) is 0 Å². The number of carbonyl (C=O) groups excluding carboxylic acids is 1. The zero-order valence-electron chi connectivity index (χ0n) is 13.1. The molecule has 0 atom stereocenters. The van der Waals surface area contributed by atoms with E-state index in [1.807, 2.05) is 24.3 Å². The Kier molecular flexibility index (Phi) is 5.94. The molecule has 0 heterocycles. The van der Waals surface area contributed by atoms with Crippen molar-refractivity contribution in [3.05, 3.63) is 59.7 Å². The summed E-state index contributed by atoms with van der Waals surface area (Å²) in [6, 6.07) is 14.7. The van der Waals surface area contributed by atoms with E-state index in [1.54, 1.807) is 31.4 Å². The van der Waals surface area contributed by atoms with Gasteiger partial charge in [-0.1, -0.05) is 19.1 Å². The highest BCUT2D eigenvalue weighted by Gasteiger charge is 2.06. The lowest BCUT2D eigenvalue weighted by molar-refractivity contribution is 0.0944. The van der Waals surface area contributed by atoms with Crippen LogP contribution < -0.4 is 20.9 Å². The van der Waals surface area contributed by atoms with Crippen LogP contribution in [0.5, 0.6) is 5.75 Å². The summed E-state index contributed by atoms with van der Waals surface area (Å²) in [6.07, 6.45) is 0.948. The van der Waals surface area contributed by atoms with Gasteiger partial charge in [0.1, 0.15) is 5.75 Å². The van der Waals surface area contributed by atoms with Crippen molar-refractivity contribution in [3.8, 4) is 5.75 Å². The monoisotopic (exact) mass is 329 g/mol. The average molecular weight is 329 g/mol. The number of hydrogen-bond acceptors (Lipinski definition) is 3. The van der Waals surface area contributed by atoms with E-state index in [9.17, 15) is 4.79 Å². The molecule has 2 rings (SSSR count). The van der Waals surface area contributed by atoms with Gasteiger partial charge in [0.25, 0.3) is 5.91 Å². The van der Waals surface area contributed by atoms with Crippen LogP contribution in [0.3, 0.4) is 0 Å². The Balaban J connectivity index is 1.86. The maximum absolute atomic E-state index is 12.0. The normalized spacial score (nSPS) is 9.83. The van der Waals surface area contributed by atoms with Crippen molar-refractivity contribution < 1.29 is 9.53 Å². The third-order valence-electron chi connectivity index (χ3n) is 3.23. The van der Waals surface area contributed by atoms with Crippen molar-refractivity contribution >= 4 is 28.9 Å². The Bertz CT molecular complexity index is 686. The highest BCUT2D eigenvalue weighted by molar-refractivity contribution is 7.80. The summed E-state index contributed by atoms with van der Waals surface area (Å²) in [5.41, 5.74) is 7.83. The quantitative estimate of drug-likeness (QED) is 0.595. The van der Waals surface area contributed by atoms with Gasteiger partial charge in [-0.3, -0.25) is 15.6 Å². The molecular formula is C17H19N3O2S. The van der Waals surface area contributed by atoms with Crippen molar-refractivity contribution in [3.63, 3.8) is 0 Å². The van der Waals surface area contributed by atoms with Gasteiger partial charge in [-0.15, -0.1) is 0 Å². The van der Waals surface area contributed by atoms with Crippen molar-refractivity contribution in [1.82, 2.24) is 10.9 Å². The second-order valence-corrected chi connectivity index (χ2v) is 5.22. The summed E-state index contributed by atoms with van der Waals surface area (Å²) < 4.78 is 5.05. The summed E-state index contributed by atoms with van der Waals surface area (Å²) in [7, 11) is 1.58. The van der Waals surface area contributed by atoms with Gasteiger partial charge in [-0.2, -0.15) is 0 Å². The van der Waals surface area contributed by atoms with E-state index in [4.69, 9.17) is 17.0 Å². The Morgan fingerprint density at radius 2 is 1.87 bits per heavy atom. The fourth-order valence-corrected chi connectivity index (χ4v) is 2.13. The number of hydrazine groups is 1. The van der Waals surface area contributed by atoms with E-state index in [0.29, 0.717) is 16.4 Å². The Hall–Kier alpha value is -2.60. The molecule has 1 amide bonds. The maximum atomic E-state index is 12.0. The standard InChI is InChI=1S/C17H19N3O2S/c1-3-12-5-4-6-14(11-12)18-17(23)20-19-16(21)13-7-9-15(22-2)10-8-13/h4-11H,3H2,1-2H3,(H,19,21)(H2,18,20,23). The first-order chi connectivity index (χ1) is 11.1. The molecular weight excluding hydrogens is 310 g/mol. The summed E-state index contributed by atoms with van der Waals surface area (Å²) in [5, 5.41) is 3.35. The predicted molar refractivity (Wildman–Crippen MR) is 95.6 cm³/mol. The van der Waals surface area contributed by atoms with Crippen LogP contribution in [-0.2, 0) is 6.42 Å². The molecule has 0 bridgehead atoms. The maximum Gasteiger partial charge on any atom is 0.269 e. The van der Waals surface area contributed by atoms with Crippen LogP contribution in [0.15, 0.2) is 48.5 Å². The van der Waals surface area contributed by atoms with Crippen molar-refractivity contribution in [2.75, 3.05) is 12.4 Å². The molecule has 0 aliphatic carbocycles. The van der Waals surface area contributed by atoms with Gasteiger partial charge in [0, 0.05) is 11.3 Å². The molecule has 23 heavy (non-hydrogen) atoms. The molecule has 0 aromatic heterocycles. The van der Waals surface area contributed by atoms with E-state index >= 15 is 0 Å². The molecule has 2 aromatic rings. The van der Waals surface area contributed by atoms with Crippen LogP contribution in [0.2, 0.25) is 0 Å². The molecule has 0 saturated carbocycles. The van der Waals surface area contributed by atoms with Crippen molar-refractivity contribution in [1.29, 1.82) is 0 Å². The largest absolute Gasteiger partial charge is 0.497 e. The molecule has 2 aromatic carbocycles. The number of benzene rings is 2. The molecule has 0 fully saturated rings. The van der Waals surface area contributed by atoms with Crippen LogP contribution in [0, 0.1) is 0 Å². The number of methoxy groups -OCH3 is 1. The number of hydrogen-bond donors (Lipinski definition) is 3. The zero-order valence-corrected chi connectivity index (χ0v) is 13.9. The molecule has 0 aliphatic heterocycles. The fourth-order valence-electron chi connectivity index (χ4n) is 1.96. The predicted octanol–water partition coefficient (Wildman–Crippen LogP) is 2.89. The van der Waals surface area contributed by atoms with E-state index in [2.05, 4.69) is 23.1 Å². The van der Waals surface area contributed by atoms with E-state index < -0.39 is 0 Å². The Morgan fingerprint density at radius 1 is 1.13 bits per heavy atom. The number of anilines is 1. The van der Waals surface area contributed by atoms with Gasteiger partial charge in [0.2, 0.25) is 0 Å². The minimum absolute atomic E-state index is 0.279. The minimum atomic E-state index is -0.279. The summed E-state index contributed by atoms with van der Waals surface area (Å²) in [4.78, 5) is 12.0. The van der Waals surface area contributed by atoms with Crippen LogP contribution >= 0.6 is 12.2 Å². The lowest BCUT2D eigenvalue weighted by atomic mass is 10.1. The van der Waals surface area contributed by atoms with Gasteiger partial charge in [-0.05, 0) is 60.6 Å². The molecule has 6 heteroatoms. The number of nitrogens with one attached hydrogen (secondary N) is 3. The summed E-state index contributed by atoms with van der Waals surface area (Å²) >= 11 is 5.17. The highest BCUT2D eigenvalue weighted by Crippen LogP contribution is 2.12. The van der Waals surface area contributed by atoms with Crippen LogP contribution in [0.4, 0.5) is 5.69 Å². The van der Waals surface area contributed by atoms with Crippen molar-refractivity contribution in [2.45, 2.75) is 13.3 Å². The van der Waals surface area contributed by atoms with Crippen LogP contribution in [0.25, 0.3) is 0 Å². The Morgan fingerprint density at radius 3 is 2.52 bits per heavy atom. The Labute approximate surface area is 141 Å². The highest BCUT2D eigenvalue weighted by atomic mass is 32.1. The molecule has 5 nitrogen and oxygen atoms in total. The molecule has 0 spiro atoms. The number of carbonyl (C=O) groups is 1. The van der Waals surface area contributed by atoms with Gasteiger partial charge in [-0.25, -0.2) is 0 Å². The number of amides is 1. The number of ether oxygens (including phenoxy) is 1. The first kappa shape index (κ1) is 16.8. The van der Waals surface area contributed by atoms with Crippen LogP contribution in [-0.4, -0.2) is 18.1 Å². The summed E-state index contributed by atoms with van der Waals surface area (Å²) in [5.74, 6) is 0.418. The molecule has 0 unspecified atom stereocenters. The SMILES string of the molecule is CCc1cccc(NC(=S)NNC(=O)c2ccc(OC)cc2)c1. The van der Waals surface area contributed by atoms with Crippen LogP contribution in [0.1, 0.15) is 22.8 Å². The topological polar surface area (TPSA) is 62.4 Å². The minimum Gasteiger partial charge on any atom is -0.497 e. The zero-order chi connectivity index (χ0) is 16.7. The summed E-state index contributed by atoms with van der Waals surface area (Å²) in [6.45, 7) is 2.09. The first-order valence-corrected chi connectivity index (χ1v) is 7.63. The number of aryl methyl sites for hydroxylation is 1. The van der Waals surface area contributed by atoms with Gasteiger partial charge in [0.05, 0.1) is 7.11 Å². The van der Waals surface area contributed by atoms with Gasteiger partial charge >= 0.3 is 0 Å². The average Bonchev–Trinajstić information content (AvgIpc) is 2.60. The molecule has 0 saturated heterocycles. The van der Waals surface area contributed by atoms with E-state index in [0.717, 1.165) is 12.1 Å². The first-order valence-electron chi connectivity index (χ1n) is 7.22. The fraction of sp³-hybridized carbons (Fsp3) is 0.176. The third-order valence-corrected chi connectivity index (χ3v) is 3.44. The van der Waals surface area contributed by atoms with E-state index in [-0.39, 0.29) is 5.91 Å². The molecule has 0 aliphatic rings. The molecule has 3 N–H and O–H groups in total. The smallest absolute Gasteiger partial charge is 0.269 e. The second-order valence-electron chi connectivity index (χ2n) is 4.82. The van der Waals surface area contributed by atoms with Gasteiger partial charge in [0.15, 0.2) is 5.11 Å². The van der Waals surface area contributed by atoms with E-state index in [1.165, 1.54) is 5.56 Å².